The molecule has 37 heavy (non-hydrogen) atoms. The highest BCUT2D eigenvalue weighted by molar-refractivity contribution is 5.77. The first-order valence-electron chi connectivity index (χ1n) is 13.0. The monoisotopic (exact) mass is 502 g/mol. The third kappa shape index (κ3) is 4.57. The minimum absolute atomic E-state index is 0.0426. The molecule has 1 aliphatic heterocycles. The van der Waals surface area contributed by atoms with Crippen LogP contribution < -0.4 is 10.1 Å². The lowest BCUT2D eigenvalue weighted by Crippen LogP contribution is -2.15. The first-order valence-corrected chi connectivity index (χ1v) is 13.0. The maximum atomic E-state index is 15.2. The molecular formula is C30H31FN2O4. The quantitative estimate of drug-likeness (QED) is 0.415. The zero-order valence-corrected chi connectivity index (χ0v) is 21.1. The van der Waals surface area contributed by atoms with Crippen LogP contribution in [0.4, 0.5) is 10.2 Å². The van der Waals surface area contributed by atoms with Gasteiger partial charge in [0.25, 0.3) is 0 Å². The Morgan fingerprint density at radius 1 is 1.16 bits per heavy atom. The van der Waals surface area contributed by atoms with Crippen LogP contribution in [0.1, 0.15) is 59.0 Å². The Bertz CT molecular complexity index is 1330. The summed E-state index contributed by atoms with van der Waals surface area (Å²) in [5.74, 6) is 0.299. The number of hydrogen-bond acceptors (Lipinski definition) is 5. The van der Waals surface area contributed by atoms with Crippen LogP contribution in [0.5, 0.6) is 5.75 Å². The van der Waals surface area contributed by atoms with Crippen LogP contribution >= 0.6 is 0 Å². The molecule has 7 heteroatoms. The molecule has 1 aromatic heterocycles. The molecule has 0 unspecified atom stereocenters. The molecule has 3 aliphatic rings. The topological polar surface area (TPSA) is 80.7 Å². The molecule has 2 aliphatic carbocycles. The van der Waals surface area contributed by atoms with Crippen molar-refractivity contribution in [3.63, 3.8) is 0 Å². The number of ether oxygens (including phenoxy) is 2. The van der Waals surface area contributed by atoms with Crippen molar-refractivity contribution in [3.8, 4) is 16.9 Å². The minimum Gasteiger partial charge on any atom is -0.488 e. The Morgan fingerprint density at radius 2 is 1.97 bits per heavy atom. The number of halogens is 1. The van der Waals surface area contributed by atoms with Gasteiger partial charge in [-0.2, -0.15) is 0 Å². The van der Waals surface area contributed by atoms with Crippen LogP contribution in [-0.2, 0) is 16.0 Å². The summed E-state index contributed by atoms with van der Waals surface area (Å²) >= 11 is 0. The van der Waals surface area contributed by atoms with Crippen LogP contribution in [0.3, 0.4) is 0 Å². The summed E-state index contributed by atoms with van der Waals surface area (Å²) in [5, 5.41) is 12.6. The summed E-state index contributed by atoms with van der Waals surface area (Å²) in [4.78, 5) is 15.7. The zero-order valence-electron chi connectivity index (χ0n) is 21.1. The molecule has 1 saturated carbocycles. The third-order valence-corrected chi connectivity index (χ3v) is 7.95. The van der Waals surface area contributed by atoms with Gasteiger partial charge in [-0.1, -0.05) is 12.1 Å². The van der Waals surface area contributed by atoms with Gasteiger partial charge in [-0.05, 0) is 96.7 Å². The third-order valence-electron chi connectivity index (χ3n) is 7.95. The average molecular weight is 503 g/mol. The molecule has 6 nitrogen and oxygen atoms in total. The number of anilines is 1. The van der Waals surface area contributed by atoms with E-state index in [1.54, 1.807) is 12.3 Å². The Hall–Kier alpha value is -3.45. The molecule has 6 rings (SSSR count). The van der Waals surface area contributed by atoms with Gasteiger partial charge in [0.15, 0.2) is 0 Å². The van der Waals surface area contributed by atoms with E-state index in [0.717, 1.165) is 65.0 Å². The molecule has 2 N–H and O–H groups in total. The van der Waals surface area contributed by atoms with E-state index in [1.165, 1.54) is 0 Å². The van der Waals surface area contributed by atoms with Crippen molar-refractivity contribution in [1.82, 2.24) is 4.98 Å². The number of rotatable bonds is 7. The number of nitrogens with zero attached hydrogens (tertiary/aromatic N) is 1. The van der Waals surface area contributed by atoms with Gasteiger partial charge in [0.05, 0.1) is 25.2 Å². The number of aromatic nitrogens is 1. The first-order chi connectivity index (χ1) is 17.9. The second-order valence-electron chi connectivity index (χ2n) is 10.5. The van der Waals surface area contributed by atoms with Crippen molar-refractivity contribution in [3.05, 3.63) is 76.2 Å². The fourth-order valence-corrected chi connectivity index (χ4v) is 6.03. The van der Waals surface area contributed by atoms with Gasteiger partial charge in [0, 0.05) is 18.2 Å². The van der Waals surface area contributed by atoms with Gasteiger partial charge >= 0.3 is 5.97 Å². The number of carboxylic acids is 1. The smallest absolute Gasteiger partial charge is 0.307 e. The van der Waals surface area contributed by atoms with E-state index >= 15 is 4.39 Å². The molecule has 4 atom stereocenters. The lowest BCUT2D eigenvalue weighted by atomic mass is 9.90. The zero-order chi connectivity index (χ0) is 25.7. The van der Waals surface area contributed by atoms with Crippen molar-refractivity contribution < 1.29 is 23.8 Å². The van der Waals surface area contributed by atoms with Crippen LogP contribution in [0, 0.1) is 25.6 Å². The second kappa shape index (κ2) is 9.45. The Balaban J connectivity index is 1.24. The molecule has 1 saturated heterocycles. The number of hydrogen-bond donors (Lipinski definition) is 2. The summed E-state index contributed by atoms with van der Waals surface area (Å²) in [7, 11) is 0. The van der Waals surface area contributed by atoms with E-state index in [4.69, 9.17) is 9.47 Å². The van der Waals surface area contributed by atoms with E-state index < -0.39 is 5.97 Å². The molecule has 0 bridgehead atoms. The summed E-state index contributed by atoms with van der Waals surface area (Å²) in [6, 6.07) is 11.2. The van der Waals surface area contributed by atoms with E-state index in [0.29, 0.717) is 24.4 Å². The number of benzene rings is 2. The number of aryl methyl sites for hydroxylation is 2. The normalized spacial score (nSPS) is 24.1. The van der Waals surface area contributed by atoms with Crippen molar-refractivity contribution in [2.24, 2.45) is 5.92 Å². The number of aliphatic carboxylic acids is 1. The summed E-state index contributed by atoms with van der Waals surface area (Å²) in [6.45, 7) is 5.53. The van der Waals surface area contributed by atoms with E-state index in [9.17, 15) is 9.90 Å². The fourth-order valence-electron chi connectivity index (χ4n) is 6.03. The van der Waals surface area contributed by atoms with Crippen molar-refractivity contribution in [2.75, 3.05) is 18.5 Å². The number of carboxylic acid groups (broad SMARTS) is 1. The molecule has 3 aromatic rings. The number of fused-ring (bicyclic) bond motifs is 1. The van der Waals surface area contributed by atoms with Gasteiger partial charge < -0.3 is 19.9 Å². The lowest BCUT2D eigenvalue weighted by molar-refractivity contribution is -0.138. The molecule has 2 heterocycles. The number of carbonyl (C=O) groups is 1. The van der Waals surface area contributed by atoms with Gasteiger partial charge in [-0.15, -0.1) is 0 Å². The SMILES string of the molecule is Cc1cc(O[C@H]2CCOC2)cc(C)c1-c1ccc(F)c2c1CC[C@H]2Nc1ccc([C@H]2C[C@@H]2C(=O)O)cn1. The van der Waals surface area contributed by atoms with Gasteiger partial charge in [-0.25, -0.2) is 9.37 Å². The highest BCUT2D eigenvalue weighted by Crippen LogP contribution is 2.48. The average Bonchev–Trinajstić information content (AvgIpc) is 3.30. The van der Waals surface area contributed by atoms with Crippen molar-refractivity contribution in [1.29, 1.82) is 0 Å². The van der Waals surface area contributed by atoms with Gasteiger partial charge in [-0.3, -0.25) is 4.79 Å². The van der Waals surface area contributed by atoms with E-state index in [1.807, 2.05) is 18.2 Å². The lowest BCUT2D eigenvalue weighted by Gasteiger charge is -2.20. The predicted octanol–water partition coefficient (Wildman–Crippen LogP) is 5.96. The van der Waals surface area contributed by atoms with Crippen LogP contribution in [0.2, 0.25) is 0 Å². The molecule has 2 aromatic carbocycles. The highest BCUT2D eigenvalue weighted by atomic mass is 19.1. The maximum Gasteiger partial charge on any atom is 0.307 e. The van der Waals surface area contributed by atoms with Gasteiger partial charge in [0.1, 0.15) is 23.5 Å². The summed E-state index contributed by atoms with van der Waals surface area (Å²) < 4.78 is 26.8. The van der Waals surface area contributed by atoms with Gasteiger partial charge in [0.2, 0.25) is 0 Å². The predicted molar refractivity (Wildman–Crippen MR) is 139 cm³/mol. The minimum atomic E-state index is -0.753. The summed E-state index contributed by atoms with van der Waals surface area (Å²) in [6.07, 6.45) is 4.95. The summed E-state index contributed by atoms with van der Waals surface area (Å²) in [5.41, 5.74) is 7.11. The number of pyridine rings is 1. The molecule has 0 amide bonds. The van der Waals surface area contributed by atoms with E-state index in [2.05, 4.69) is 36.3 Å². The standard InChI is InChI=1S/C30H31FN2O4/c1-16-11-20(37-19-9-10-36-15-19)12-17(2)28(16)21-4-6-25(31)29-22(21)5-7-26(29)33-27-8-3-18(14-32-27)23-13-24(23)30(34)35/h3-4,6,8,11-12,14,19,23-24,26H,5,7,9-10,13,15H2,1-2H3,(H,32,33)(H,34,35)/t19-,23+,24-,26+/m0/s1. The van der Waals surface area contributed by atoms with Crippen LogP contribution in [0.15, 0.2) is 42.6 Å². The number of nitrogens with one attached hydrogen (secondary N) is 1. The van der Waals surface area contributed by atoms with Crippen LogP contribution in [-0.4, -0.2) is 35.4 Å². The van der Waals surface area contributed by atoms with Crippen LogP contribution in [0.25, 0.3) is 11.1 Å². The van der Waals surface area contributed by atoms with Crippen molar-refractivity contribution >= 4 is 11.8 Å². The Labute approximate surface area is 215 Å². The maximum absolute atomic E-state index is 15.2. The largest absolute Gasteiger partial charge is 0.488 e. The molecular weight excluding hydrogens is 471 g/mol. The molecule has 2 fully saturated rings. The Kier molecular flexibility index (Phi) is 6.11. The fraction of sp³-hybridized carbons (Fsp3) is 0.400. The molecule has 192 valence electrons. The molecule has 0 radical (unpaired) electrons. The first kappa shape index (κ1) is 23.9. The second-order valence-corrected chi connectivity index (χ2v) is 10.5. The van der Waals surface area contributed by atoms with Crippen molar-refractivity contribution in [2.45, 2.75) is 57.6 Å². The highest BCUT2D eigenvalue weighted by Gasteiger charge is 2.44. The molecule has 0 spiro atoms. The Morgan fingerprint density at radius 3 is 2.62 bits per heavy atom. The van der Waals surface area contributed by atoms with E-state index in [-0.39, 0.29) is 29.8 Å².